The molecule has 1 aromatic carbocycles. The predicted molar refractivity (Wildman–Crippen MR) is 103 cm³/mol. The molecule has 0 atom stereocenters. The molecule has 1 aromatic rings. The average Bonchev–Trinajstić information content (AvgIpc) is 3.51. The molecule has 1 saturated heterocycles. The van der Waals surface area contributed by atoms with Crippen molar-refractivity contribution >= 4 is 17.7 Å². The molecule has 0 unspecified atom stereocenters. The van der Waals surface area contributed by atoms with Crippen molar-refractivity contribution in [3.05, 3.63) is 35.4 Å². The van der Waals surface area contributed by atoms with Crippen molar-refractivity contribution < 1.29 is 18.0 Å². The number of halogens is 3. The lowest BCUT2D eigenvalue weighted by Crippen LogP contribution is -2.48. The normalized spacial score (nSPS) is 18.6. The quantitative estimate of drug-likeness (QED) is 0.666. The van der Waals surface area contributed by atoms with Crippen LogP contribution in [0.15, 0.2) is 24.3 Å². The SMILES string of the molecule is N#CCCN1CCC(N(C(=O)c2ccc(CSC(F)(F)F)cc2)C2CC2)CC1. The first kappa shape index (κ1) is 21.0. The Bertz CT molecular complexity index is 705. The van der Waals surface area contributed by atoms with Crippen LogP contribution in [0.3, 0.4) is 0 Å². The number of hydrogen-bond acceptors (Lipinski definition) is 4. The molecular weight excluding hydrogens is 387 g/mol. The van der Waals surface area contributed by atoms with E-state index >= 15 is 0 Å². The van der Waals surface area contributed by atoms with Crippen molar-refractivity contribution in [2.75, 3.05) is 19.6 Å². The van der Waals surface area contributed by atoms with E-state index in [1.165, 1.54) is 0 Å². The standard InChI is InChI=1S/C20H24F3N3OS/c21-20(22,23)28-14-15-2-4-16(5-3-15)19(27)26(17-6-7-17)18-8-12-25(13-9-18)11-1-10-24/h2-5,17-18H,1,6-9,11-14H2. The van der Waals surface area contributed by atoms with E-state index in [2.05, 4.69) is 11.0 Å². The molecule has 0 spiro atoms. The zero-order valence-electron chi connectivity index (χ0n) is 15.6. The number of rotatable bonds is 7. The fraction of sp³-hybridized carbons (Fsp3) is 0.600. The maximum atomic E-state index is 13.1. The summed E-state index contributed by atoms with van der Waals surface area (Å²) in [5.41, 5.74) is -3.15. The van der Waals surface area contributed by atoms with Gasteiger partial charge in [-0.2, -0.15) is 18.4 Å². The first-order valence-corrected chi connectivity index (χ1v) is 10.6. The van der Waals surface area contributed by atoms with Gasteiger partial charge < -0.3 is 9.80 Å². The minimum atomic E-state index is -4.25. The highest BCUT2D eigenvalue weighted by Crippen LogP contribution is 2.34. The molecule has 8 heteroatoms. The van der Waals surface area contributed by atoms with Crippen LogP contribution in [0.2, 0.25) is 0 Å². The third-order valence-corrected chi connectivity index (χ3v) is 6.07. The third kappa shape index (κ3) is 5.89. The third-order valence-electron chi connectivity index (χ3n) is 5.27. The molecule has 1 amide bonds. The van der Waals surface area contributed by atoms with E-state index in [1.54, 1.807) is 24.3 Å². The second-order valence-corrected chi connectivity index (χ2v) is 8.40. The number of benzene rings is 1. The number of piperidine rings is 1. The number of alkyl halides is 3. The lowest BCUT2D eigenvalue weighted by Gasteiger charge is -2.38. The first-order valence-electron chi connectivity index (χ1n) is 9.59. The van der Waals surface area contributed by atoms with Crippen LogP contribution in [0, 0.1) is 11.3 Å². The Kier molecular flexibility index (Phi) is 6.89. The van der Waals surface area contributed by atoms with Crippen molar-refractivity contribution in [3.63, 3.8) is 0 Å². The summed E-state index contributed by atoms with van der Waals surface area (Å²) in [6.45, 7) is 2.55. The summed E-state index contributed by atoms with van der Waals surface area (Å²) >= 11 is -0.0695. The van der Waals surface area contributed by atoms with Crippen molar-refractivity contribution in [1.82, 2.24) is 9.80 Å². The number of hydrogen-bond donors (Lipinski definition) is 0. The maximum Gasteiger partial charge on any atom is 0.442 e. The predicted octanol–water partition coefficient (Wildman–Crippen LogP) is 4.42. The van der Waals surface area contributed by atoms with E-state index in [9.17, 15) is 18.0 Å². The number of carbonyl (C=O) groups is 1. The van der Waals surface area contributed by atoms with Gasteiger partial charge in [-0.05, 0) is 55.1 Å². The summed E-state index contributed by atoms with van der Waals surface area (Å²) in [7, 11) is 0. The van der Waals surface area contributed by atoms with E-state index in [-0.39, 0.29) is 35.5 Å². The Balaban J connectivity index is 1.60. The molecule has 0 aromatic heterocycles. The Morgan fingerprint density at radius 3 is 2.29 bits per heavy atom. The summed E-state index contributed by atoms with van der Waals surface area (Å²) in [4.78, 5) is 17.4. The van der Waals surface area contributed by atoms with Crippen LogP contribution in [-0.2, 0) is 5.75 Å². The van der Waals surface area contributed by atoms with Crippen LogP contribution in [0.1, 0.15) is 48.0 Å². The van der Waals surface area contributed by atoms with Gasteiger partial charge in [0.1, 0.15) is 0 Å². The van der Waals surface area contributed by atoms with Gasteiger partial charge in [0.05, 0.1) is 6.07 Å². The Hall–Kier alpha value is -1.72. The summed E-state index contributed by atoms with van der Waals surface area (Å²) in [5.74, 6) is -0.168. The summed E-state index contributed by atoms with van der Waals surface area (Å²) < 4.78 is 37.0. The fourth-order valence-corrected chi connectivity index (χ4v) is 4.19. The monoisotopic (exact) mass is 411 g/mol. The van der Waals surface area contributed by atoms with Crippen LogP contribution < -0.4 is 0 Å². The highest BCUT2D eigenvalue weighted by Gasteiger charge is 2.38. The minimum Gasteiger partial charge on any atom is -0.333 e. The van der Waals surface area contributed by atoms with Gasteiger partial charge in [0.25, 0.3) is 5.91 Å². The van der Waals surface area contributed by atoms with E-state index in [4.69, 9.17) is 5.26 Å². The number of thioether (sulfide) groups is 1. The van der Waals surface area contributed by atoms with Crippen LogP contribution in [-0.4, -0.2) is 52.9 Å². The molecule has 1 heterocycles. The van der Waals surface area contributed by atoms with Gasteiger partial charge in [-0.25, -0.2) is 0 Å². The highest BCUT2D eigenvalue weighted by atomic mass is 32.2. The zero-order chi connectivity index (χ0) is 20.1. The lowest BCUT2D eigenvalue weighted by atomic mass is 10.0. The van der Waals surface area contributed by atoms with Crippen LogP contribution >= 0.6 is 11.8 Å². The number of nitrogens with zero attached hydrogens (tertiary/aromatic N) is 3. The van der Waals surface area contributed by atoms with Gasteiger partial charge in [0.15, 0.2) is 0 Å². The summed E-state index contributed by atoms with van der Waals surface area (Å²) in [6.07, 6.45) is 4.35. The number of nitriles is 1. The molecule has 0 radical (unpaired) electrons. The van der Waals surface area contributed by atoms with Crippen molar-refractivity contribution in [2.24, 2.45) is 0 Å². The molecule has 152 valence electrons. The smallest absolute Gasteiger partial charge is 0.333 e. The van der Waals surface area contributed by atoms with Gasteiger partial charge in [-0.1, -0.05) is 12.1 Å². The van der Waals surface area contributed by atoms with E-state index in [1.807, 2.05) is 4.90 Å². The zero-order valence-corrected chi connectivity index (χ0v) is 16.4. The minimum absolute atomic E-state index is 0.0204. The van der Waals surface area contributed by atoms with Gasteiger partial charge >= 0.3 is 5.51 Å². The molecule has 28 heavy (non-hydrogen) atoms. The van der Waals surface area contributed by atoms with E-state index in [0.29, 0.717) is 17.5 Å². The topological polar surface area (TPSA) is 47.3 Å². The van der Waals surface area contributed by atoms with Crippen molar-refractivity contribution in [1.29, 1.82) is 5.26 Å². The second kappa shape index (κ2) is 9.19. The summed E-state index contributed by atoms with van der Waals surface area (Å²) in [6, 6.07) is 9.16. The van der Waals surface area contributed by atoms with E-state index < -0.39 is 5.51 Å². The van der Waals surface area contributed by atoms with Gasteiger partial charge in [0, 0.05) is 49.5 Å². The average molecular weight is 411 g/mol. The van der Waals surface area contributed by atoms with Crippen LogP contribution in [0.25, 0.3) is 0 Å². The number of likely N-dealkylation sites (tertiary alicyclic amines) is 1. The number of carbonyl (C=O) groups excluding carboxylic acids is 1. The fourth-order valence-electron chi connectivity index (χ4n) is 3.67. The molecule has 3 rings (SSSR count). The molecule has 1 aliphatic heterocycles. The molecule has 2 fully saturated rings. The molecule has 0 N–H and O–H groups in total. The summed E-state index contributed by atoms with van der Waals surface area (Å²) in [5, 5.41) is 8.72. The largest absolute Gasteiger partial charge is 0.442 e. The van der Waals surface area contributed by atoms with Gasteiger partial charge in [-0.15, -0.1) is 0 Å². The maximum absolute atomic E-state index is 13.1. The molecule has 1 saturated carbocycles. The van der Waals surface area contributed by atoms with E-state index in [0.717, 1.165) is 45.3 Å². The van der Waals surface area contributed by atoms with Crippen molar-refractivity contribution in [2.45, 2.75) is 55.4 Å². The Morgan fingerprint density at radius 2 is 1.75 bits per heavy atom. The Morgan fingerprint density at radius 1 is 1.14 bits per heavy atom. The molecule has 4 nitrogen and oxygen atoms in total. The molecule has 1 aliphatic carbocycles. The second-order valence-electron chi connectivity index (χ2n) is 7.36. The van der Waals surface area contributed by atoms with Crippen LogP contribution in [0.4, 0.5) is 13.2 Å². The van der Waals surface area contributed by atoms with Crippen molar-refractivity contribution in [3.8, 4) is 6.07 Å². The lowest BCUT2D eigenvalue weighted by molar-refractivity contribution is -0.0329. The highest BCUT2D eigenvalue weighted by molar-refractivity contribution is 7.99. The van der Waals surface area contributed by atoms with Gasteiger partial charge in [0.2, 0.25) is 0 Å². The first-order chi connectivity index (χ1) is 13.4. The number of amides is 1. The Labute approximate surface area is 167 Å². The molecule has 2 aliphatic rings. The van der Waals surface area contributed by atoms with Gasteiger partial charge in [-0.3, -0.25) is 4.79 Å². The molecular formula is C20H24F3N3OS. The van der Waals surface area contributed by atoms with Crippen LogP contribution in [0.5, 0.6) is 0 Å². The molecule has 0 bridgehead atoms.